The van der Waals surface area contributed by atoms with E-state index in [-0.39, 0.29) is 24.5 Å². The van der Waals surface area contributed by atoms with Crippen LogP contribution >= 0.6 is 11.3 Å². The Bertz CT molecular complexity index is 1740. The Labute approximate surface area is 247 Å². The quantitative estimate of drug-likeness (QED) is 0.193. The highest BCUT2D eigenvalue weighted by molar-refractivity contribution is 7.17. The molecule has 1 atom stereocenters. The number of esters is 1. The largest absolute Gasteiger partial charge is 0.457 e. The third-order valence-electron chi connectivity index (χ3n) is 7.27. The van der Waals surface area contributed by atoms with Crippen LogP contribution in [0.15, 0.2) is 77.2 Å². The van der Waals surface area contributed by atoms with Crippen LogP contribution in [0.4, 0.5) is 0 Å². The van der Waals surface area contributed by atoms with Crippen LogP contribution in [0.3, 0.4) is 0 Å². The van der Waals surface area contributed by atoms with Gasteiger partial charge < -0.3 is 14.5 Å². The maximum Gasteiger partial charge on any atom is 0.348 e. The third-order valence-corrected chi connectivity index (χ3v) is 8.36. The van der Waals surface area contributed by atoms with Gasteiger partial charge >= 0.3 is 5.97 Å². The number of aromatic nitrogens is 3. The fourth-order valence-electron chi connectivity index (χ4n) is 5.21. The summed E-state index contributed by atoms with van der Waals surface area (Å²) in [6.07, 6.45) is 1.33. The lowest BCUT2D eigenvalue weighted by atomic mass is 9.92. The minimum absolute atomic E-state index is 0.126. The number of aryl methyl sites for hydroxylation is 3. The molecule has 1 amide bonds. The van der Waals surface area contributed by atoms with Crippen molar-refractivity contribution in [2.45, 2.75) is 46.3 Å². The second kappa shape index (κ2) is 11.7. The van der Waals surface area contributed by atoms with Gasteiger partial charge in [-0.1, -0.05) is 74.5 Å². The van der Waals surface area contributed by atoms with Gasteiger partial charge in [0.05, 0.1) is 28.6 Å². The number of hydrogen-bond donors (Lipinski definition) is 1. The molecule has 42 heavy (non-hydrogen) atoms. The van der Waals surface area contributed by atoms with Crippen molar-refractivity contribution in [3.8, 4) is 21.9 Å². The number of fused-ring (bicyclic) bond motifs is 1. The summed E-state index contributed by atoms with van der Waals surface area (Å²) in [5.41, 5.74) is 5.30. The molecule has 4 heterocycles. The van der Waals surface area contributed by atoms with E-state index in [1.807, 2.05) is 54.6 Å². The van der Waals surface area contributed by atoms with Crippen LogP contribution in [0.5, 0.6) is 0 Å². The van der Waals surface area contributed by atoms with Crippen molar-refractivity contribution in [1.82, 2.24) is 20.5 Å². The Morgan fingerprint density at radius 2 is 1.64 bits per heavy atom. The van der Waals surface area contributed by atoms with E-state index in [1.54, 1.807) is 13.0 Å². The Hall–Kier alpha value is -4.63. The zero-order valence-electron chi connectivity index (χ0n) is 23.6. The summed E-state index contributed by atoms with van der Waals surface area (Å²) < 4.78 is 11.5. The van der Waals surface area contributed by atoms with E-state index in [0.717, 1.165) is 22.6 Å². The topological polar surface area (TPSA) is 107 Å². The number of benzene rings is 2. The van der Waals surface area contributed by atoms with Gasteiger partial charge in [0.15, 0.2) is 0 Å². The van der Waals surface area contributed by atoms with E-state index in [9.17, 15) is 9.59 Å². The summed E-state index contributed by atoms with van der Waals surface area (Å²) in [4.78, 5) is 32.9. The fraction of sp³-hybridized carbons (Fsp3) is 0.242. The molecule has 0 spiro atoms. The maximum atomic E-state index is 13.5. The molecule has 0 unspecified atom stereocenters. The van der Waals surface area contributed by atoms with E-state index >= 15 is 0 Å². The second-order valence-corrected chi connectivity index (χ2v) is 11.7. The van der Waals surface area contributed by atoms with E-state index in [0.29, 0.717) is 45.5 Å². The molecule has 0 fully saturated rings. The molecule has 1 aliphatic heterocycles. The van der Waals surface area contributed by atoms with Crippen LogP contribution in [0, 0.1) is 12.8 Å². The number of carbonyl (C=O) groups excluding carboxylic acids is 2. The fourth-order valence-corrected chi connectivity index (χ4v) is 6.17. The van der Waals surface area contributed by atoms with Crippen LogP contribution in [0.1, 0.15) is 68.3 Å². The molecule has 1 aliphatic rings. The summed E-state index contributed by atoms with van der Waals surface area (Å²) in [5.74, 6) is 0.195. The summed E-state index contributed by atoms with van der Waals surface area (Å²) >= 11 is 1.27. The lowest BCUT2D eigenvalue weighted by Crippen LogP contribution is -2.23. The normalized spacial score (nSPS) is 14.2. The molecule has 0 saturated carbocycles. The van der Waals surface area contributed by atoms with E-state index in [4.69, 9.17) is 14.1 Å². The molecule has 6 rings (SSSR count). The first-order chi connectivity index (χ1) is 20.4. The minimum Gasteiger partial charge on any atom is -0.457 e. The van der Waals surface area contributed by atoms with Crippen LogP contribution in [0.2, 0.25) is 0 Å². The number of hydrogen-bond acceptors (Lipinski definition) is 8. The highest BCUT2D eigenvalue weighted by atomic mass is 32.1. The van der Waals surface area contributed by atoms with Crippen molar-refractivity contribution in [3.63, 3.8) is 0 Å². The molecular weight excluding hydrogens is 548 g/mol. The zero-order valence-corrected chi connectivity index (χ0v) is 24.4. The van der Waals surface area contributed by atoms with Gasteiger partial charge in [-0.15, -0.1) is 21.5 Å². The Balaban J connectivity index is 1.47. The monoisotopic (exact) mass is 578 g/mol. The summed E-state index contributed by atoms with van der Waals surface area (Å²) in [6, 6.07) is 23.1. The number of nitrogens with zero attached hydrogens (tertiary/aromatic N) is 3. The average Bonchev–Trinajstić information content (AvgIpc) is 3.74. The average molecular weight is 579 g/mol. The molecule has 0 bridgehead atoms. The summed E-state index contributed by atoms with van der Waals surface area (Å²) in [5, 5.41) is 11.6. The SMILES string of the molecule is Cc1nnc(-c2c(CCc3ccccc3)nc3c(c2-c2ccc(C(=O)OCc4ccccc4)s2)C(=O)N[C@H]3C(C)C)o1. The first-order valence-corrected chi connectivity index (χ1v) is 14.7. The van der Waals surface area contributed by atoms with Crippen LogP contribution in [-0.4, -0.2) is 27.1 Å². The first kappa shape index (κ1) is 27.5. The number of amides is 1. The molecule has 9 heteroatoms. The van der Waals surface area contributed by atoms with Crippen molar-refractivity contribution in [1.29, 1.82) is 0 Å². The van der Waals surface area contributed by atoms with Crippen LogP contribution in [-0.2, 0) is 24.2 Å². The molecule has 3 aromatic heterocycles. The molecule has 212 valence electrons. The number of thiophene rings is 1. The minimum atomic E-state index is -0.426. The Kier molecular flexibility index (Phi) is 7.67. The molecule has 1 N–H and O–H groups in total. The molecule has 5 aromatic rings. The lowest BCUT2D eigenvalue weighted by molar-refractivity contribution is 0.0478. The van der Waals surface area contributed by atoms with Gasteiger partial charge in [0.1, 0.15) is 11.5 Å². The molecular formula is C33H30N4O4S. The number of pyridine rings is 1. The van der Waals surface area contributed by atoms with Crippen molar-refractivity contribution in [3.05, 3.63) is 112 Å². The van der Waals surface area contributed by atoms with Crippen LogP contribution < -0.4 is 5.32 Å². The van der Waals surface area contributed by atoms with Gasteiger partial charge in [0, 0.05) is 17.4 Å². The zero-order chi connectivity index (χ0) is 29.2. The van der Waals surface area contributed by atoms with E-state index in [1.165, 1.54) is 16.9 Å². The number of rotatable bonds is 9. The van der Waals surface area contributed by atoms with Crippen molar-refractivity contribution in [2.75, 3.05) is 0 Å². The number of nitrogens with one attached hydrogen (secondary N) is 1. The van der Waals surface area contributed by atoms with E-state index < -0.39 is 5.97 Å². The summed E-state index contributed by atoms with van der Waals surface area (Å²) in [7, 11) is 0. The first-order valence-electron chi connectivity index (χ1n) is 13.9. The van der Waals surface area contributed by atoms with Gasteiger partial charge in [0.25, 0.3) is 5.91 Å². The highest BCUT2D eigenvalue weighted by Crippen LogP contribution is 2.45. The Morgan fingerprint density at radius 3 is 2.31 bits per heavy atom. The van der Waals surface area contributed by atoms with Crippen molar-refractivity contribution >= 4 is 23.2 Å². The third kappa shape index (κ3) is 5.47. The molecule has 2 aromatic carbocycles. The molecule has 0 saturated heterocycles. The standard InChI is InChI=1S/C33H30N4O4S/c1-19(2)29-30-28(31(38)35-29)27(24-16-17-25(42-24)33(39)40-18-22-12-8-5-9-13-22)26(32-37-36-20(3)41-32)23(34-30)15-14-21-10-6-4-7-11-21/h4-13,16-17,19,29H,14-15,18H2,1-3H3,(H,35,38)/t29-/m0/s1. The molecule has 0 aliphatic carbocycles. The van der Waals surface area contributed by atoms with Crippen molar-refractivity contribution < 1.29 is 18.7 Å². The van der Waals surface area contributed by atoms with Gasteiger partial charge in [0.2, 0.25) is 11.8 Å². The van der Waals surface area contributed by atoms with E-state index in [2.05, 4.69) is 41.5 Å². The Morgan fingerprint density at radius 1 is 0.929 bits per heavy atom. The smallest absolute Gasteiger partial charge is 0.348 e. The maximum absolute atomic E-state index is 13.5. The number of carbonyl (C=O) groups is 2. The highest BCUT2D eigenvalue weighted by Gasteiger charge is 2.38. The number of ether oxygens (including phenoxy) is 1. The van der Waals surface area contributed by atoms with Gasteiger partial charge in [-0.3, -0.25) is 9.78 Å². The second-order valence-electron chi connectivity index (χ2n) is 10.6. The van der Waals surface area contributed by atoms with Crippen LogP contribution in [0.25, 0.3) is 21.9 Å². The van der Waals surface area contributed by atoms with Gasteiger partial charge in [-0.2, -0.15) is 0 Å². The van der Waals surface area contributed by atoms with Gasteiger partial charge in [-0.25, -0.2) is 4.79 Å². The summed E-state index contributed by atoms with van der Waals surface area (Å²) in [6.45, 7) is 6.03. The molecule has 8 nitrogen and oxygen atoms in total. The van der Waals surface area contributed by atoms with Gasteiger partial charge in [-0.05, 0) is 42.0 Å². The predicted octanol–water partition coefficient (Wildman–Crippen LogP) is 6.75. The molecule has 0 radical (unpaired) electrons. The lowest BCUT2D eigenvalue weighted by Gasteiger charge is -2.18. The van der Waals surface area contributed by atoms with Crippen molar-refractivity contribution in [2.24, 2.45) is 5.92 Å². The predicted molar refractivity (Wildman–Crippen MR) is 160 cm³/mol.